The number of aliphatic hydroxyl groups excluding tert-OH is 1. The molecule has 3 aliphatic rings. The molecule has 8 heteroatoms. The Bertz CT molecular complexity index is 1170. The number of fused-ring (bicyclic) bond motifs is 2. The van der Waals surface area contributed by atoms with Crippen molar-refractivity contribution < 1.29 is 23.8 Å². The van der Waals surface area contributed by atoms with Crippen LogP contribution in [0.25, 0.3) is 17.4 Å². The summed E-state index contributed by atoms with van der Waals surface area (Å²) in [5.74, 6) is 4.12. The highest BCUT2D eigenvalue weighted by molar-refractivity contribution is 8.26. The van der Waals surface area contributed by atoms with Crippen molar-refractivity contribution in [1.82, 2.24) is 4.90 Å². The molecule has 0 radical (unpaired) electrons. The van der Waals surface area contributed by atoms with Crippen LogP contribution >= 0.6 is 24.0 Å². The van der Waals surface area contributed by atoms with E-state index in [0.29, 0.717) is 38.2 Å². The lowest BCUT2D eigenvalue weighted by molar-refractivity contribution is -0.124. The first-order valence-electron chi connectivity index (χ1n) is 13.2. The highest BCUT2D eigenvalue weighted by atomic mass is 32.2. The number of ether oxygens (including phenoxy) is 2. The van der Waals surface area contributed by atoms with E-state index in [-0.39, 0.29) is 18.6 Å². The predicted molar refractivity (Wildman–Crippen MR) is 151 cm³/mol. The molecule has 1 aromatic heterocycles. The summed E-state index contributed by atoms with van der Waals surface area (Å²) in [4.78, 5) is 16.0. The van der Waals surface area contributed by atoms with Crippen LogP contribution in [0.4, 0.5) is 0 Å². The van der Waals surface area contributed by atoms with Crippen molar-refractivity contribution in [2.24, 2.45) is 11.8 Å². The second-order valence-corrected chi connectivity index (χ2v) is 12.0. The van der Waals surface area contributed by atoms with Crippen LogP contribution in [0.15, 0.2) is 33.6 Å². The summed E-state index contributed by atoms with van der Waals surface area (Å²) in [6.07, 6.45) is 11.3. The van der Waals surface area contributed by atoms with Gasteiger partial charge < -0.3 is 19.0 Å². The Morgan fingerprint density at radius 2 is 1.84 bits per heavy atom. The lowest BCUT2D eigenvalue weighted by atomic mass is 9.94. The molecule has 2 aromatic rings. The van der Waals surface area contributed by atoms with Crippen LogP contribution in [0.1, 0.15) is 62.7 Å². The lowest BCUT2D eigenvalue weighted by Crippen LogP contribution is -2.41. The van der Waals surface area contributed by atoms with Crippen molar-refractivity contribution in [2.45, 2.75) is 63.8 Å². The lowest BCUT2D eigenvalue weighted by Gasteiger charge is -2.30. The molecule has 2 saturated carbocycles. The normalized spacial score (nSPS) is 24.0. The Labute approximate surface area is 228 Å². The maximum absolute atomic E-state index is 13.5. The van der Waals surface area contributed by atoms with E-state index >= 15 is 0 Å². The quantitative estimate of drug-likeness (QED) is 0.199. The molecular formula is C29H35NO5S2. The van der Waals surface area contributed by atoms with Gasteiger partial charge in [-0.1, -0.05) is 43.2 Å². The Morgan fingerprint density at radius 1 is 1.08 bits per heavy atom. The molecule has 2 heterocycles. The number of rotatable bonds is 11. The summed E-state index contributed by atoms with van der Waals surface area (Å²) in [6.45, 7) is 0.225. The monoisotopic (exact) mass is 541 g/mol. The third-order valence-electron chi connectivity index (χ3n) is 7.95. The number of nitrogens with zero attached hydrogens (tertiary/aromatic N) is 1. The smallest absolute Gasteiger partial charge is 0.266 e. The second-order valence-electron chi connectivity index (χ2n) is 10.3. The molecule has 198 valence electrons. The zero-order valence-electron chi connectivity index (χ0n) is 21.5. The van der Waals surface area contributed by atoms with E-state index in [1.54, 1.807) is 14.2 Å². The Hall–Kier alpha value is -2.29. The molecule has 37 heavy (non-hydrogen) atoms. The number of thioether (sulfide) groups is 1. The average Bonchev–Trinajstić information content (AvgIpc) is 3.68. The van der Waals surface area contributed by atoms with Gasteiger partial charge in [0.25, 0.3) is 5.91 Å². The van der Waals surface area contributed by atoms with Gasteiger partial charge in [-0.05, 0) is 74.1 Å². The van der Waals surface area contributed by atoms with E-state index < -0.39 is 0 Å². The van der Waals surface area contributed by atoms with Crippen LogP contribution in [-0.2, 0) is 11.2 Å². The number of hydrogen-bond acceptors (Lipinski definition) is 7. The standard InChI is InChI=1S/C29H35NO5S2/c1-33-22-13-21(14-23(16-22)34-2)25-15-20(7-5-3-4-6-10-31)26(35-25)17-27-28(32)30(29(36)37-27)24-12-18-8-9-19(24)11-18/h13-19,24,31H,3-12H2,1-2H3/b27-17-. The molecule has 1 N–H and O–H groups in total. The summed E-state index contributed by atoms with van der Waals surface area (Å²) in [6, 6.07) is 7.98. The highest BCUT2D eigenvalue weighted by Crippen LogP contribution is 2.49. The summed E-state index contributed by atoms with van der Waals surface area (Å²) >= 11 is 7.08. The maximum Gasteiger partial charge on any atom is 0.266 e. The zero-order valence-corrected chi connectivity index (χ0v) is 23.2. The molecule has 1 aromatic carbocycles. The topological polar surface area (TPSA) is 72.1 Å². The number of methoxy groups -OCH3 is 2. The Morgan fingerprint density at radius 3 is 2.49 bits per heavy atom. The minimum absolute atomic E-state index is 0.0162. The molecule has 6 nitrogen and oxygen atoms in total. The van der Waals surface area contributed by atoms with Gasteiger partial charge in [0.1, 0.15) is 27.3 Å². The molecule has 1 saturated heterocycles. The molecule has 1 aliphatic heterocycles. The second kappa shape index (κ2) is 11.6. The Balaban J connectivity index is 1.43. The molecule has 1 amide bonds. The number of unbranched alkanes of at least 4 members (excludes halogenated alkanes) is 3. The molecule has 2 aliphatic carbocycles. The minimum atomic E-state index is 0.0162. The van der Waals surface area contributed by atoms with Crippen LogP contribution in [0.3, 0.4) is 0 Å². The van der Waals surface area contributed by atoms with Gasteiger partial charge in [-0.3, -0.25) is 9.69 Å². The first kappa shape index (κ1) is 26.3. The SMILES string of the molecule is COc1cc(OC)cc(-c2cc(CCCCCCO)c(/C=C3\SC(=S)N(C4CC5CCC4C5)C3=O)o2)c1. The van der Waals surface area contributed by atoms with Crippen LogP contribution in [0.2, 0.25) is 0 Å². The van der Waals surface area contributed by atoms with Crippen LogP contribution in [0.5, 0.6) is 11.5 Å². The summed E-state index contributed by atoms with van der Waals surface area (Å²) < 4.78 is 18.0. The number of carbonyl (C=O) groups excluding carboxylic acids is 1. The van der Waals surface area contributed by atoms with Gasteiger partial charge in [0.15, 0.2) is 0 Å². The number of amides is 1. The van der Waals surface area contributed by atoms with Crippen molar-refractivity contribution in [2.75, 3.05) is 20.8 Å². The fraction of sp³-hybridized carbons (Fsp3) is 0.517. The summed E-state index contributed by atoms with van der Waals surface area (Å²) in [5, 5.41) is 9.09. The van der Waals surface area contributed by atoms with E-state index in [1.807, 2.05) is 29.2 Å². The van der Waals surface area contributed by atoms with Crippen LogP contribution < -0.4 is 9.47 Å². The highest BCUT2D eigenvalue weighted by Gasteiger charge is 2.48. The fourth-order valence-corrected chi connectivity index (χ4v) is 7.39. The molecule has 2 bridgehead atoms. The van der Waals surface area contributed by atoms with E-state index in [4.69, 9.17) is 31.2 Å². The van der Waals surface area contributed by atoms with Gasteiger partial charge in [0.05, 0.1) is 19.1 Å². The van der Waals surface area contributed by atoms with Gasteiger partial charge in [-0.15, -0.1) is 0 Å². The molecule has 0 spiro atoms. The largest absolute Gasteiger partial charge is 0.497 e. The zero-order chi connectivity index (χ0) is 25.9. The number of aryl methyl sites for hydroxylation is 1. The van der Waals surface area contributed by atoms with Gasteiger partial charge in [0, 0.05) is 30.4 Å². The molecule has 3 fully saturated rings. The van der Waals surface area contributed by atoms with E-state index in [9.17, 15) is 4.79 Å². The van der Waals surface area contributed by atoms with E-state index in [2.05, 4.69) is 6.07 Å². The average molecular weight is 542 g/mol. The molecule has 3 unspecified atom stereocenters. The number of carbonyl (C=O) groups is 1. The van der Waals surface area contributed by atoms with Gasteiger partial charge in [-0.25, -0.2) is 0 Å². The van der Waals surface area contributed by atoms with Crippen molar-refractivity contribution in [3.63, 3.8) is 0 Å². The van der Waals surface area contributed by atoms with Gasteiger partial charge in [0.2, 0.25) is 0 Å². The summed E-state index contributed by atoms with van der Waals surface area (Å²) in [5.41, 5.74) is 1.91. The number of aliphatic hydroxyl groups is 1. The van der Waals surface area contributed by atoms with Crippen molar-refractivity contribution in [3.05, 3.63) is 40.5 Å². The first-order chi connectivity index (χ1) is 18.0. The van der Waals surface area contributed by atoms with Crippen molar-refractivity contribution >= 4 is 40.3 Å². The summed E-state index contributed by atoms with van der Waals surface area (Å²) in [7, 11) is 3.25. The predicted octanol–water partition coefficient (Wildman–Crippen LogP) is 6.45. The van der Waals surface area contributed by atoms with E-state index in [0.717, 1.165) is 55.6 Å². The van der Waals surface area contributed by atoms with Crippen molar-refractivity contribution in [1.29, 1.82) is 0 Å². The van der Waals surface area contributed by atoms with Gasteiger partial charge in [-0.2, -0.15) is 0 Å². The first-order valence-corrected chi connectivity index (χ1v) is 14.5. The minimum Gasteiger partial charge on any atom is -0.497 e. The van der Waals surface area contributed by atoms with Crippen molar-refractivity contribution in [3.8, 4) is 22.8 Å². The Kier molecular flexibility index (Phi) is 8.27. The third kappa shape index (κ3) is 5.61. The number of hydrogen-bond donors (Lipinski definition) is 1. The fourth-order valence-electron chi connectivity index (χ4n) is 6.05. The number of thiocarbonyl (C=S) groups is 1. The van der Waals surface area contributed by atoms with E-state index in [1.165, 1.54) is 31.0 Å². The molecule has 5 rings (SSSR count). The molecular weight excluding hydrogens is 506 g/mol. The molecule has 3 atom stereocenters. The van der Waals surface area contributed by atoms with Crippen LogP contribution in [-0.4, -0.2) is 47.1 Å². The van der Waals surface area contributed by atoms with Gasteiger partial charge >= 0.3 is 0 Å². The number of benzene rings is 1. The third-order valence-corrected chi connectivity index (χ3v) is 9.28. The maximum atomic E-state index is 13.5. The number of furan rings is 1. The van der Waals surface area contributed by atoms with Crippen LogP contribution in [0, 0.1) is 11.8 Å².